The van der Waals surface area contributed by atoms with Crippen molar-refractivity contribution in [3.8, 4) is 0 Å². The summed E-state index contributed by atoms with van der Waals surface area (Å²) in [5.41, 5.74) is -1.93. The molecule has 1 N–H and O–H groups in total. The largest absolute Gasteiger partial charge is 0.457 e. The highest BCUT2D eigenvalue weighted by Gasteiger charge is 2.48. The smallest absolute Gasteiger partial charge is 0.410 e. The zero-order valence-corrected chi connectivity index (χ0v) is 18.1. The van der Waals surface area contributed by atoms with Crippen LogP contribution < -0.4 is 0 Å². The number of ether oxygens (including phenoxy) is 2. The van der Waals surface area contributed by atoms with Crippen LogP contribution in [0, 0.1) is 12.3 Å². The number of piperidine rings is 1. The van der Waals surface area contributed by atoms with Crippen LogP contribution in [0.1, 0.15) is 58.4 Å². The zero-order valence-electron chi connectivity index (χ0n) is 17.3. The zero-order chi connectivity index (χ0) is 20.6. The molecule has 1 amide bonds. The standard InChI is InChI=1S/C20H31NO5S/c1-13-10-14(12-27-13)20(24)8-9-21(17(23)26-19(5,6)7)11-15(20)25-16(22)18(2,3)4/h10,12,15,24H,8-9,11H2,1-7H3/t15-,20-/m0/s1. The van der Waals surface area contributed by atoms with Crippen molar-refractivity contribution >= 4 is 23.4 Å². The van der Waals surface area contributed by atoms with Gasteiger partial charge in [-0.05, 0) is 65.5 Å². The molecule has 27 heavy (non-hydrogen) atoms. The molecule has 6 nitrogen and oxygen atoms in total. The minimum atomic E-state index is -1.33. The molecule has 0 bridgehead atoms. The fourth-order valence-electron chi connectivity index (χ4n) is 2.84. The van der Waals surface area contributed by atoms with Crippen LogP contribution in [0.5, 0.6) is 0 Å². The summed E-state index contributed by atoms with van der Waals surface area (Å²) < 4.78 is 11.2. The number of carbonyl (C=O) groups is 2. The molecule has 1 saturated heterocycles. The molecule has 0 saturated carbocycles. The Morgan fingerprint density at radius 3 is 2.37 bits per heavy atom. The summed E-state index contributed by atoms with van der Waals surface area (Å²) in [7, 11) is 0. The summed E-state index contributed by atoms with van der Waals surface area (Å²) >= 11 is 1.53. The Labute approximate surface area is 165 Å². The van der Waals surface area contributed by atoms with Gasteiger partial charge in [0.25, 0.3) is 0 Å². The molecule has 1 fully saturated rings. The topological polar surface area (TPSA) is 76.1 Å². The molecule has 2 rings (SSSR count). The Morgan fingerprint density at radius 1 is 1.26 bits per heavy atom. The van der Waals surface area contributed by atoms with E-state index in [0.29, 0.717) is 6.54 Å². The van der Waals surface area contributed by atoms with Crippen LogP contribution in [0.3, 0.4) is 0 Å². The second-order valence-electron chi connectivity index (χ2n) is 9.19. The van der Waals surface area contributed by atoms with Gasteiger partial charge in [0.2, 0.25) is 0 Å². The molecule has 7 heteroatoms. The van der Waals surface area contributed by atoms with Crippen molar-refractivity contribution in [1.82, 2.24) is 4.90 Å². The second kappa shape index (κ2) is 7.43. The summed E-state index contributed by atoms with van der Waals surface area (Å²) in [5, 5.41) is 13.3. The molecule has 1 aliphatic rings. The van der Waals surface area contributed by atoms with Gasteiger partial charge < -0.3 is 19.5 Å². The van der Waals surface area contributed by atoms with E-state index in [9.17, 15) is 14.7 Å². The lowest BCUT2D eigenvalue weighted by molar-refractivity contribution is -0.186. The fraction of sp³-hybridized carbons (Fsp3) is 0.700. The first-order valence-corrected chi connectivity index (χ1v) is 10.1. The van der Waals surface area contributed by atoms with Gasteiger partial charge in [-0.1, -0.05) is 0 Å². The number of likely N-dealkylation sites (tertiary alicyclic amines) is 1. The molecule has 152 valence electrons. The maximum Gasteiger partial charge on any atom is 0.410 e. The highest BCUT2D eigenvalue weighted by molar-refractivity contribution is 7.10. The fourth-order valence-corrected chi connectivity index (χ4v) is 3.62. The minimum absolute atomic E-state index is 0.0854. The van der Waals surface area contributed by atoms with Crippen LogP contribution in [0.25, 0.3) is 0 Å². The average Bonchev–Trinajstić information content (AvgIpc) is 2.94. The molecule has 2 heterocycles. The van der Waals surface area contributed by atoms with Gasteiger partial charge in [0, 0.05) is 17.8 Å². The van der Waals surface area contributed by atoms with Gasteiger partial charge in [-0.15, -0.1) is 11.3 Å². The number of carbonyl (C=O) groups excluding carboxylic acids is 2. The number of esters is 1. The van der Waals surface area contributed by atoms with E-state index in [1.54, 1.807) is 41.5 Å². The lowest BCUT2D eigenvalue weighted by atomic mass is 9.83. The van der Waals surface area contributed by atoms with Crippen LogP contribution in [0.4, 0.5) is 4.79 Å². The van der Waals surface area contributed by atoms with Crippen molar-refractivity contribution in [2.45, 2.75) is 72.2 Å². The van der Waals surface area contributed by atoms with Gasteiger partial charge in [-0.2, -0.15) is 0 Å². The highest BCUT2D eigenvalue weighted by Crippen LogP contribution is 2.38. The summed E-state index contributed by atoms with van der Waals surface area (Å²) in [4.78, 5) is 27.5. The van der Waals surface area contributed by atoms with Crippen molar-refractivity contribution in [2.75, 3.05) is 13.1 Å². The molecule has 0 spiro atoms. The Hall–Kier alpha value is -1.60. The summed E-state index contributed by atoms with van der Waals surface area (Å²) in [5.74, 6) is -0.413. The monoisotopic (exact) mass is 397 g/mol. The first-order valence-electron chi connectivity index (χ1n) is 9.19. The van der Waals surface area contributed by atoms with E-state index < -0.39 is 34.8 Å². The molecular weight excluding hydrogens is 366 g/mol. The lowest BCUT2D eigenvalue weighted by Crippen LogP contribution is -2.57. The molecule has 0 radical (unpaired) electrons. The van der Waals surface area contributed by atoms with Crippen LogP contribution in [-0.2, 0) is 19.9 Å². The molecular formula is C20H31NO5S. The second-order valence-corrected chi connectivity index (χ2v) is 10.3. The van der Waals surface area contributed by atoms with Gasteiger partial charge in [-0.3, -0.25) is 4.79 Å². The number of aryl methyl sites for hydroxylation is 1. The van der Waals surface area contributed by atoms with Gasteiger partial charge in [-0.25, -0.2) is 4.79 Å². The first-order chi connectivity index (χ1) is 12.2. The van der Waals surface area contributed by atoms with Gasteiger partial charge in [0.05, 0.1) is 12.0 Å². The molecule has 1 aliphatic heterocycles. The van der Waals surface area contributed by atoms with Gasteiger partial charge >= 0.3 is 12.1 Å². The summed E-state index contributed by atoms with van der Waals surface area (Å²) in [6, 6.07) is 1.91. The van der Waals surface area contributed by atoms with Crippen molar-refractivity contribution in [3.05, 3.63) is 21.9 Å². The van der Waals surface area contributed by atoms with E-state index in [-0.39, 0.29) is 13.0 Å². The number of amides is 1. The third-order valence-corrected chi connectivity index (χ3v) is 5.29. The van der Waals surface area contributed by atoms with E-state index in [1.165, 1.54) is 16.2 Å². The molecule has 0 aromatic carbocycles. The van der Waals surface area contributed by atoms with E-state index in [4.69, 9.17) is 9.47 Å². The van der Waals surface area contributed by atoms with Crippen molar-refractivity contribution in [1.29, 1.82) is 0 Å². The molecule has 1 aromatic rings. The van der Waals surface area contributed by atoms with Crippen molar-refractivity contribution in [3.63, 3.8) is 0 Å². The number of aliphatic hydroxyl groups is 1. The van der Waals surface area contributed by atoms with Gasteiger partial charge in [0.15, 0.2) is 6.10 Å². The molecule has 2 atom stereocenters. The van der Waals surface area contributed by atoms with Crippen molar-refractivity contribution < 1.29 is 24.2 Å². The van der Waals surface area contributed by atoms with Gasteiger partial charge in [0.1, 0.15) is 11.2 Å². The maximum absolute atomic E-state index is 12.5. The van der Waals surface area contributed by atoms with E-state index >= 15 is 0 Å². The van der Waals surface area contributed by atoms with E-state index in [1.807, 2.05) is 18.4 Å². The molecule has 0 aliphatic carbocycles. The third-order valence-electron chi connectivity index (χ3n) is 4.43. The molecule has 0 unspecified atom stereocenters. The number of thiophene rings is 1. The van der Waals surface area contributed by atoms with Crippen molar-refractivity contribution in [2.24, 2.45) is 5.41 Å². The number of hydrogen-bond acceptors (Lipinski definition) is 6. The van der Waals surface area contributed by atoms with Crippen LogP contribution >= 0.6 is 11.3 Å². The SMILES string of the molecule is Cc1cc([C@@]2(O)CCN(C(=O)OC(C)(C)C)C[C@@H]2OC(=O)C(C)(C)C)cs1. The first kappa shape index (κ1) is 21.7. The normalized spacial score (nSPS) is 23.9. The number of hydrogen-bond donors (Lipinski definition) is 1. The minimum Gasteiger partial charge on any atom is -0.457 e. The van der Waals surface area contributed by atoms with E-state index in [0.717, 1.165) is 10.4 Å². The van der Waals surface area contributed by atoms with E-state index in [2.05, 4.69) is 0 Å². The average molecular weight is 398 g/mol. The molecule has 1 aromatic heterocycles. The summed E-state index contributed by atoms with van der Waals surface area (Å²) in [6.07, 6.45) is -1.06. The predicted molar refractivity (Wildman–Crippen MR) is 105 cm³/mol. The Bertz CT molecular complexity index is 700. The maximum atomic E-state index is 12.5. The highest BCUT2D eigenvalue weighted by atomic mass is 32.1. The Morgan fingerprint density at radius 2 is 1.89 bits per heavy atom. The lowest BCUT2D eigenvalue weighted by Gasteiger charge is -2.44. The predicted octanol–water partition coefficient (Wildman–Crippen LogP) is 3.84. The number of rotatable bonds is 2. The van der Waals surface area contributed by atoms with Crippen LogP contribution in [0.2, 0.25) is 0 Å². The summed E-state index contributed by atoms with van der Waals surface area (Å²) in [6.45, 7) is 13.1. The Kier molecular flexibility index (Phi) is 5.97. The van der Waals surface area contributed by atoms with Crippen LogP contribution in [-0.4, -0.2) is 46.9 Å². The Balaban J connectivity index is 2.28. The third kappa shape index (κ3) is 5.23. The quantitative estimate of drug-likeness (QED) is 0.767. The van der Waals surface area contributed by atoms with Crippen LogP contribution in [0.15, 0.2) is 11.4 Å². The number of nitrogens with zero attached hydrogens (tertiary/aromatic N) is 1.